The molecule has 0 saturated heterocycles. The molecule has 0 aliphatic carbocycles. The summed E-state index contributed by atoms with van der Waals surface area (Å²) in [6.45, 7) is 2.21. The van der Waals surface area contributed by atoms with Crippen molar-refractivity contribution in [3.8, 4) is 0 Å². The topological polar surface area (TPSA) is 37.3 Å². The fourth-order valence-corrected chi connectivity index (χ4v) is 1.87. The molecule has 0 unspecified atom stereocenters. The standard InChI is InChI=1S/C17H22O2/c1-2-3-4-5-6-7-10-15-11-8-9-12-16(15)13-14-17(18)19/h7-14H,2-6H2,1H3,(H,18,19)/b10-7+,14-13+. The second kappa shape index (κ2) is 9.15. The van der Waals surface area contributed by atoms with Gasteiger partial charge in [-0.15, -0.1) is 0 Å². The van der Waals surface area contributed by atoms with Gasteiger partial charge in [0.2, 0.25) is 0 Å². The van der Waals surface area contributed by atoms with Crippen molar-refractivity contribution in [2.45, 2.75) is 39.0 Å². The third-order valence-corrected chi connectivity index (χ3v) is 2.92. The zero-order chi connectivity index (χ0) is 13.9. The third-order valence-electron chi connectivity index (χ3n) is 2.92. The number of aliphatic carboxylic acids is 1. The molecule has 1 N–H and O–H groups in total. The van der Waals surface area contributed by atoms with E-state index in [1.807, 2.05) is 24.3 Å². The van der Waals surface area contributed by atoms with Crippen LogP contribution in [0.2, 0.25) is 0 Å². The van der Waals surface area contributed by atoms with Gasteiger partial charge in [-0.05, 0) is 30.0 Å². The van der Waals surface area contributed by atoms with Crippen LogP contribution < -0.4 is 0 Å². The van der Waals surface area contributed by atoms with Gasteiger partial charge in [0.15, 0.2) is 0 Å². The van der Waals surface area contributed by atoms with E-state index in [1.165, 1.54) is 31.8 Å². The van der Waals surface area contributed by atoms with Crippen molar-refractivity contribution in [3.63, 3.8) is 0 Å². The Morgan fingerprint density at radius 3 is 2.42 bits per heavy atom. The molecule has 2 nitrogen and oxygen atoms in total. The summed E-state index contributed by atoms with van der Waals surface area (Å²) in [5.41, 5.74) is 2.00. The Kier molecular flexibility index (Phi) is 7.33. The first-order chi connectivity index (χ1) is 9.24. The number of benzene rings is 1. The maximum Gasteiger partial charge on any atom is 0.328 e. The lowest BCUT2D eigenvalue weighted by Gasteiger charge is -2.00. The number of hydrogen-bond donors (Lipinski definition) is 1. The highest BCUT2D eigenvalue weighted by Crippen LogP contribution is 2.13. The highest BCUT2D eigenvalue weighted by Gasteiger charge is 1.95. The highest BCUT2D eigenvalue weighted by atomic mass is 16.4. The fourth-order valence-electron chi connectivity index (χ4n) is 1.87. The van der Waals surface area contributed by atoms with Crippen LogP contribution in [0.25, 0.3) is 12.2 Å². The van der Waals surface area contributed by atoms with Crippen LogP contribution in [-0.4, -0.2) is 11.1 Å². The minimum absolute atomic E-state index is 0.918. The maximum atomic E-state index is 10.5. The van der Waals surface area contributed by atoms with Crippen molar-refractivity contribution in [2.75, 3.05) is 0 Å². The van der Waals surface area contributed by atoms with Crippen molar-refractivity contribution < 1.29 is 9.90 Å². The van der Waals surface area contributed by atoms with Crippen LogP contribution in [0, 0.1) is 0 Å². The number of hydrogen-bond acceptors (Lipinski definition) is 1. The predicted octanol–water partition coefficient (Wildman–Crippen LogP) is 4.77. The van der Waals surface area contributed by atoms with Crippen LogP contribution in [0.1, 0.15) is 50.2 Å². The van der Waals surface area contributed by atoms with Crippen LogP contribution in [0.15, 0.2) is 36.4 Å². The molecule has 0 fully saturated rings. The third kappa shape index (κ3) is 6.61. The SMILES string of the molecule is CCCCCC/C=C/c1ccccc1/C=C/C(=O)O. The summed E-state index contributed by atoms with van der Waals surface area (Å²) in [5.74, 6) is -0.918. The van der Waals surface area contributed by atoms with E-state index >= 15 is 0 Å². The van der Waals surface area contributed by atoms with Crippen LogP contribution in [0.5, 0.6) is 0 Å². The number of allylic oxidation sites excluding steroid dienone is 1. The number of carboxylic acids is 1. The average Bonchev–Trinajstić information content (AvgIpc) is 2.41. The number of unbranched alkanes of at least 4 members (excludes halogenated alkanes) is 4. The lowest BCUT2D eigenvalue weighted by atomic mass is 10.1. The molecule has 102 valence electrons. The number of carbonyl (C=O) groups is 1. The van der Waals surface area contributed by atoms with Gasteiger partial charge in [-0.1, -0.05) is 62.6 Å². The zero-order valence-electron chi connectivity index (χ0n) is 11.5. The summed E-state index contributed by atoms with van der Waals surface area (Å²) < 4.78 is 0. The smallest absolute Gasteiger partial charge is 0.328 e. The maximum absolute atomic E-state index is 10.5. The normalized spacial score (nSPS) is 11.4. The van der Waals surface area contributed by atoms with E-state index in [4.69, 9.17) is 5.11 Å². The Balaban J connectivity index is 2.57. The van der Waals surface area contributed by atoms with Gasteiger partial charge in [0, 0.05) is 6.08 Å². The van der Waals surface area contributed by atoms with E-state index < -0.39 is 5.97 Å². The molecule has 0 saturated carbocycles. The summed E-state index contributed by atoms with van der Waals surface area (Å²) in [6.07, 6.45) is 13.2. The molecular formula is C17H22O2. The molecule has 0 aromatic heterocycles. The van der Waals surface area contributed by atoms with E-state index in [9.17, 15) is 4.79 Å². The van der Waals surface area contributed by atoms with Crippen LogP contribution in [0.3, 0.4) is 0 Å². The van der Waals surface area contributed by atoms with Gasteiger partial charge in [-0.25, -0.2) is 4.79 Å². The quantitative estimate of drug-likeness (QED) is 0.538. The molecule has 0 aliphatic rings. The Hall–Kier alpha value is -1.83. The fraction of sp³-hybridized carbons (Fsp3) is 0.353. The monoisotopic (exact) mass is 258 g/mol. The van der Waals surface area contributed by atoms with Crippen molar-refractivity contribution >= 4 is 18.1 Å². The summed E-state index contributed by atoms with van der Waals surface area (Å²) in [7, 11) is 0. The first-order valence-electron chi connectivity index (χ1n) is 6.90. The minimum Gasteiger partial charge on any atom is -0.478 e. The minimum atomic E-state index is -0.918. The van der Waals surface area contributed by atoms with Crippen LogP contribution in [0.4, 0.5) is 0 Å². The first-order valence-corrected chi connectivity index (χ1v) is 6.90. The highest BCUT2D eigenvalue weighted by molar-refractivity contribution is 5.86. The lowest BCUT2D eigenvalue weighted by molar-refractivity contribution is -0.131. The van der Waals surface area contributed by atoms with Gasteiger partial charge in [0.05, 0.1) is 0 Å². The largest absolute Gasteiger partial charge is 0.478 e. The molecule has 2 heteroatoms. The first kappa shape index (κ1) is 15.2. The molecule has 0 radical (unpaired) electrons. The van der Waals surface area contributed by atoms with Gasteiger partial charge in [-0.2, -0.15) is 0 Å². The molecule has 0 atom stereocenters. The molecular weight excluding hydrogens is 236 g/mol. The molecule has 0 bridgehead atoms. The molecule has 0 spiro atoms. The Morgan fingerprint density at radius 1 is 1.11 bits per heavy atom. The van der Waals surface area contributed by atoms with E-state index in [2.05, 4.69) is 19.1 Å². The molecule has 0 aliphatic heterocycles. The summed E-state index contributed by atoms with van der Waals surface area (Å²) in [6, 6.07) is 7.81. The van der Waals surface area contributed by atoms with Crippen LogP contribution in [-0.2, 0) is 4.79 Å². The van der Waals surface area contributed by atoms with Crippen molar-refractivity contribution in [1.29, 1.82) is 0 Å². The Labute approximate surface area is 115 Å². The Morgan fingerprint density at radius 2 is 1.79 bits per heavy atom. The van der Waals surface area contributed by atoms with Gasteiger partial charge >= 0.3 is 5.97 Å². The van der Waals surface area contributed by atoms with E-state index in [-0.39, 0.29) is 0 Å². The van der Waals surface area contributed by atoms with Crippen LogP contribution >= 0.6 is 0 Å². The number of carboxylic acid groups (broad SMARTS) is 1. The second-order valence-electron chi connectivity index (χ2n) is 4.55. The van der Waals surface area contributed by atoms with Crippen molar-refractivity contribution in [3.05, 3.63) is 47.5 Å². The molecule has 19 heavy (non-hydrogen) atoms. The van der Waals surface area contributed by atoms with Gasteiger partial charge < -0.3 is 5.11 Å². The molecule has 0 amide bonds. The Bertz CT molecular complexity index is 444. The van der Waals surface area contributed by atoms with Gasteiger partial charge in [0.25, 0.3) is 0 Å². The van der Waals surface area contributed by atoms with E-state index in [0.717, 1.165) is 17.5 Å². The zero-order valence-corrected chi connectivity index (χ0v) is 11.5. The van der Waals surface area contributed by atoms with Gasteiger partial charge in [0.1, 0.15) is 0 Å². The summed E-state index contributed by atoms with van der Waals surface area (Å²) >= 11 is 0. The number of rotatable bonds is 8. The molecule has 1 rings (SSSR count). The van der Waals surface area contributed by atoms with E-state index in [1.54, 1.807) is 6.08 Å². The van der Waals surface area contributed by atoms with Gasteiger partial charge in [-0.3, -0.25) is 0 Å². The van der Waals surface area contributed by atoms with Crippen molar-refractivity contribution in [2.24, 2.45) is 0 Å². The molecule has 0 heterocycles. The average molecular weight is 258 g/mol. The summed E-state index contributed by atoms with van der Waals surface area (Å²) in [4.78, 5) is 10.5. The summed E-state index contributed by atoms with van der Waals surface area (Å²) in [5, 5.41) is 8.66. The van der Waals surface area contributed by atoms with Crippen molar-refractivity contribution in [1.82, 2.24) is 0 Å². The lowest BCUT2D eigenvalue weighted by Crippen LogP contribution is -1.87. The predicted molar refractivity (Wildman–Crippen MR) is 80.9 cm³/mol. The molecule has 1 aromatic rings. The molecule has 1 aromatic carbocycles. The second-order valence-corrected chi connectivity index (χ2v) is 4.55. The van der Waals surface area contributed by atoms with E-state index in [0.29, 0.717) is 0 Å².